The molecule has 1 N–H and O–H groups in total. The molecule has 2 fully saturated rings. The number of carbonyl (C=O) groups excluding carboxylic acids is 2. The largest absolute Gasteiger partial charge is 0.468 e. The maximum atomic E-state index is 12.0. The van der Waals surface area contributed by atoms with E-state index in [0.29, 0.717) is 12.5 Å². The number of fused-ring (bicyclic) bond motifs is 1. The number of rotatable bonds is 1. The van der Waals surface area contributed by atoms with Crippen LogP contribution in [0.15, 0.2) is 0 Å². The summed E-state index contributed by atoms with van der Waals surface area (Å²) in [5.41, 5.74) is 0. The number of ketones is 1. The molecule has 3 unspecified atom stereocenters. The van der Waals surface area contributed by atoms with E-state index in [-0.39, 0.29) is 17.7 Å². The van der Waals surface area contributed by atoms with Gasteiger partial charge in [-0.2, -0.15) is 0 Å². The van der Waals surface area contributed by atoms with Gasteiger partial charge in [0.05, 0.1) is 7.11 Å². The van der Waals surface area contributed by atoms with Crippen molar-refractivity contribution in [3.63, 3.8) is 0 Å². The molecule has 0 bridgehead atoms. The minimum Gasteiger partial charge on any atom is -0.468 e. The Hall–Kier alpha value is -0.900. The third kappa shape index (κ3) is 1.91. The van der Waals surface area contributed by atoms with Gasteiger partial charge in [0.1, 0.15) is 5.92 Å². The van der Waals surface area contributed by atoms with Crippen LogP contribution in [0, 0.1) is 11.8 Å². The molecule has 2 aliphatic rings. The highest BCUT2D eigenvalue weighted by molar-refractivity contribution is 6.01. The van der Waals surface area contributed by atoms with Gasteiger partial charge in [0.2, 0.25) is 0 Å². The van der Waals surface area contributed by atoms with Crippen molar-refractivity contribution in [3.8, 4) is 0 Å². The number of carbonyl (C=O) groups is 2. The fourth-order valence-electron chi connectivity index (χ4n) is 2.72. The molecule has 1 heterocycles. The first-order valence-electron chi connectivity index (χ1n) is 5.59. The molecule has 0 radical (unpaired) electrons. The summed E-state index contributed by atoms with van der Waals surface area (Å²) in [6, 6.07) is 0.298. The van der Waals surface area contributed by atoms with Crippen molar-refractivity contribution >= 4 is 11.8 Å². The first kappa shape index (κ1) is 10.6. The number of hydrogen-bond acceptors (Lipinski definition) is 4. The molecule has 4 nitrogen and oxygen atoms in total. The van der Waals surface area contributed by atoms with Crippen LogP contribution in [-0.2, 0) is 14.3 Å². The molecule has 0 aromatic carbocycles. The Bertz CT molecular complexity index is 277. The van der Waals surface area contributed by atoms with Crippen LogP contribution in [0.4, 0.5) is 0 Å². The Kier molecular flexibility index (Phi) is 3.05. The average molecular weight is 211 g/mol. The van der Waals surface area contributed by atoms with Crippen molar-refractivity contribution in [1.29, 1.82) is 0 Å². The third-order valence-electron chi connectivity index (χ3n) is 3.55. The quantitative estimate of drug-likeness (QED) is 0.507. The molecular weight excluding hydrogens is 194 g/mol. The van der Waals surface area contributed by atoms with Gasteiger partial charge in [0, 0.05) is 12.0 Å². The number of nitrogens with one attached hydrogen (secondary N) is 1. The fourth-order valence-corrected chi connectivity index (χ4v) is 2.72. The monoisotopic (exact) mass is 211 g/mol. The molecule has 0 aromatic rings. The second-order valence-corrected chi connectivity index (χ2v) is 4.36. The molecule has 15 heavy (non-hydrogen) atoms. The smallest absolute Gasteiger partial charge is 0.316 e. The third-order valence-corrected chi connectivity index (χ3v) is 3.55. The van der Waals surface area contributed by atoms with Crippen LogP contribution in [0.2, 0.25) is 0 Å². The summed E-state index contributed by atoms with van der Waals surface area (Å²) in [6.45, 7) is 0.997. The van der Waals surface area contributed by atoms with Crippen molar-refractivity contribution in [2.24, 2.45) is 11.8 Å². The van der Waals surface area contributed by atoms with E-state index < -0.39 is 5.92 Å². The highest BCUT2D eigenvalue weighted by Gasteiger charge is 2.42. The zero-order valence-corrected chi connectivity index (χ0v) is 8.99. The van der Waals surface area contributed by atoms with Crippen molar-refractivity contribution in [2.75, 3.05) is 13.7 Å². The standard InChI is InChI=1S/C11H17NO3/c1-15-11(14)8-4-5-9-7(10(8)13)3-2-6-12-9/h7-9,12H,2-6H2,1H3. The van der Waals surface area contributed by atoms with E-state index in [9.17, 15) is 9.59 Å². The predicted octanol–water partition coefficient (Wildman–Crippen LogP) is 0.507. The van der Waals surface area contributed by atoms with Gasteiger partial charge in [-0.1, -0.05) is 0 Å². The normalized spacial score (nSPS) is 35.8. The minimum atomic E-state index is -0.504. The lowest BCUT2D eigenvalue weighted by Crippen LogP contribution is -2.51. The number of piperidine rings is 1. The average Bonchev–Trinajstić information content (AvgIpc) is 2.29. The molecule has 0 amide bonds. The lowest BCUT2D eigenvalue weighted by molar-refractivity contribution is -0.153. The van der Waals surface area contributed by atoms with Gasteiger partial charge >= 0.3 is 5.97 Å². The lowest BCUT2D eigenvalue weighted by Gasteiger charge is -2.37. The van der Waals surface area contributed by atoms with Crippen LogP contribution < -0.4 is 5.32 Å². The van der Waals surface area contributed by atoms with Crippen LogP contribution in [0.1, 0.15) is 25.7 Å². The van der Waals surface area contributed by atoms with Gasteiger partial charge in [-0.15, -0.1) is 0 Å². The van der Waals surface area contributed by atoms with Crippen LogP contribution in [-0.4, -0.2) is 31.4 Å². The molecule has 0 aromatic heterocycles. The van der Waals surface area contributed by atoms with Gasteiger partial charge in [-0.25, -0.2) is 0 Å². The van der Waals surface area contributed by atoms with Crippen molar-refractivity contribution < 1.29 is 14.3 Å². The van der Waals surface area contributed by atoms with Crippen LogP contribution in [0.25, 0.3) is 0 Å². The zero-order chi connectivity index (χ0) is 10.8. The maximum Gasteiger partial charge on any atom is 0.316 e. The van der Waals surface area contributed by atoms with E-state index in [1.54, 1.807) is 0 Å². The molecule has 1 aliphatic carbocycles. The van der Waals surface area contributed by atoms with E-state index >= 15 is 0 Å². The first-order valence-corrected chi connectivity index (χ1v) is 5.59. The molecule has 3 atom stereocenters. The number of Topliss-reactive ketones (excluding diaryl/α,β-unsaturated/α-hetero) is 1. The van der Waals surface area contributed by atoms with Crippen LogP contribution >= 0.6 is 0 Å². The van der Waals surface area contributed by atoms with Gasteiger partial charge in [-0.05, 0) is 32.2 Å². The van der Waals surface area contributed by atoms with Gasteiger partial charge in [-0.3, -0.25) is 9.59 Å². The summed E-state index contributed by atoms with van der Waals surface area (Å²) in [5, 5.41) is 3.36. The number of hydrogen-bond donors (Lipinski definition) is 1. The molecule has 0 spiro atoms. The second-order valence-electron chi connectivity index (χ2n) is 4.36. The molecular formula is C11H17NO3. The summed E-state index contributed by atoms with van der Waals surface area (Å²) >= 11 is 0. The topological polar surface area (TPSA) is 55.4 Å². The van der Waals surface area contributed by atoms with Crippen molar-refractivity contribution in [1.82, 2.24) is 5.32 Å². The van der Waals surface area contributed by atoms with Gasteiger partial charge in [0.15, 0.2) is 5.78 Å². The van der Waals surface area contributed by atoms with E-state index in [4.69, 9.17) is 0 Å². The number of ether oxygens (including phenoxy) is 1. The SMILES string of the molecule is COC(=O)C1CCC2NCCCC2C1=O. The number of esters is 1. The lowest BCUT2D eigenvalue weighted by atomic mass is 9.73. The molecule has 1 saturated carbocycles. The van der Waals surface area contributed by atoms with Crippen molar-refractivity contribution in [3.05, 3.63) is 0 Å². The highest BCUT2D eigenvalue weighted by atomic mass is 16.5. The molecule has 84 valence electrons. The van der Waals surface area contributed by atoms with Gasteiger partial charge < -0.3 is 10.1 Å². The Morgan fingerprint density at radius 3 is 2.93 bits per heavy atom. The second kappa shape index (κ2) is 4.31. The molecule has 1 aliphatic heterocycles. The number of methoxy groups -OCH3 is 1. The Balaban J connectivity index is 2.08. The summed E-state index contributed by atoms with van der Waals surface area (Å²) in [4.78, 5) is 23.4. The molecule has 4 heteroatoms. The highest BCUT2D eigenvalue weighted by Crippen LogP contribution is 2.31. The summed E-state index contributed by atoms with van der Waals surface area (Å²) in [6.07, 6.45) is 3.50. The molecule has 2 rings (SSSR count). The fraction of sp³-hybridized carbons (Fsp3) is 0.818. The summed E-state index contributed by atoms with van der Waals surface area (Å²) in [5.74, 6) is -0.734. The molecule has 1 saturated heterocycles. The van der Waals surface area contributed by atoms with Crippen LogP contribution in [0.3, 0.4) is 0 Å². The maximum absolute atomic E-state index is 12.0. The first-order chi connectivity index (χ1) is 7.24. The van der Waals surface area contributed by atoms with E-state index in [0.717, 1.165) is 25.8 Å². The minimum absolute atomic E-state index is 0.0385. The zero-order valence-electron chi connectivity index (χ0n) is 8.99. The van der Waals surface area contributed by atoms with Crippen LogP contribution in [0.5, 0.6) is 0 Å². The Morgan fingerprint density at radius 1 is 1.40 bits per heavy atom. The predicted molar refractivity (Wildman–Crippen MR) is 54.3 cm³/mol. The van der Waals surface area contributed by atoms with Gasteiger partial charge in [0.25, 0.3) is 0 Å². The summed E-state index contributed by atoms with van der Waals surface area (Å²) < 4.78 is 4.66. The van der Waals surface area contributed by atoms with E-state index in [1.807, 2.05) is 0 Å². The summed E-state index contributed by atoms with van der Waals surface area (Å²) in [7, 11) is 1.35. The van der Waals surface area contributed by atoms with Crippen molar-refractivity contribution in [2.45, 2.75) is 31.7 Å². The van der Waals surface area contributed by atoms with E-state index in [2.05, 4.69) is 10.1 Å². The Morgan fingerprint density at radius 2 is 2.20 bits per heavy atom. The van der Waals surface area contributed by atoms with E-state index in [1.165, 1.54) is 7.11 Å². The Labute approximate surface area is 89.4 Å².